The van der Waals surface area contributed by atoms with Gasteiger partial charge in [0.05, 0.1) is 6.10 Å². The minimum Gasteiger partial charge on any atom is -0.392 e. The first kappa shape index (κ1) is 15.8. The zero-order chi connectivity index (χ0) is 14.5. The molecule has 1 atom stereocenters. The quantitative estimate of drug-likeness (QED) is 0.747. The van der Waals surface area contributed by atoms with Crippen LogP contribution in [-0.4, -0.2) is 17.0 Å². The Balaban J connectivity index is 1.94. The summed E-state index contributed by atoms with van der Waals surface area (Å²) >= 11 is 10.9. The van der Waals surface area contributed by atoms with Gasteiger partial charge in [0.25, 0.3) is 0 Å². The molecule has 2 aromatic carbocycles. The predicted octanol–water partition coefficient (Wildman–Crippen LogP) is 4.94. The summed E-state index contributed by atoms with van der Waals surface area (Å²) in [5, 5.41) is 10.4. The lowest BCUT2D eigenvalue weighted by molar-refractivity contribution is 0.199. The highest BCUT2D eigenvalue weighted by molar-refractivity contribution is 9.10. The molecule has 0 aliphatic heterocycles. The second-order valence-corrected chi connectivity index (χ2v) is 6.74. The van der Waals surface area contributed by atoms with E-state index in [1.807, 2.05) is 24.3 Å². The third-order valence-corrected chi connectivity index (χ3v) is 4.73. The summed E-state index contributed by atoms with van der Waals surface area (Å²) in [6.07, 6.45) is -0.430. The van der Waals surface area contributed by atoms with Crippen molar-refractivity contribution in [3.63, 3.8) is 0 Å². The van der Waals surface area contributed by atoms with Crippen molar-refractivity contribution in [3.05, 3.63) is 63.3 Å². The molecular formula is C15H13BrClFOS. The Morgan fingerprint density at radius 2 is 2.00 bits per heavy atom. The Morgan fingerprint density at radius 1 is 1.25 bits per heavy atom. The van der Waals surface area contributed by atoms with Gasteiger partial charge in [-0.1, -0.05) is 39.7 Å². The van der Waals surface area contributed by atoms with Crippen molar-refractivity contribution in [2.75, 3.05) is 5.75 Å². The Hall–Kier alpha value is -0.550. The highest BCUT2D eigenvalue weighted by atomic mass is 79.9. The van der Waals surface area contributed by atoms with Gasteiger partial charge in [-0.05, 0) is 30.3 Å². The van der Waals surface area contributed by atoms with Crippen molar-refractivity contribution in [1.29, 1.82) is 0 Å². The topological polar surface area (TPSA) is 20.2 Å². The van der Waals surface area contributed by atoms with Crippen LogP contribution < -0.4 is 0 Å². The first-order valence-electron chi connectivity index (χ1n) is 6.05. The highest BCUT2D eigenvalue weighted by Crippen LogP contribution is 2.25. The molecule has 0 fully saturated rings. The standard InChI is InChI=1S/C15H13BrClFOS/c16-10-3-1-4-12(7-10)20-9-11(19)8-13-14(17)5-2-6-15(13)18/h1-7,11,19H,8-9H2. The van der Waals surface area contributed by atoms with Crippen LogP contribution in [0.3, 0.4) is 0 Å². The molecule has 0 spiro atoms. The summed E-state index contributed by atoms with van der Waals surface area (Å²) < 4.78 is 14.6. The Bertz CT molecular complexity index is 574. The van der Waals surface area contributed by atoms with E-state index in [4.69, 9.17) is 11.6 Å². The largest absolute Gasteiger partial charge is 0.392 e. The van der Waals surface area contributed by atoms with Gasteiger partial charge in [0.1, 0.15) is 5.82 Å². The lowest BCUT2D eigenvalue weighted by Gasteiger charge is -2.12. The van der Waals surface area contributed by atoms with Crippen LogP contribution in [0.2, 0.25) is 5.02 Å². The normalized spacial score (nSPS) is 12.4. The van der Waals surface area contributed by atoms with E-state index < -0.39 is 6.10 Å². The number of hydrogen-bond acceptors (Lipinski definition) is 2. The van der Waals surface area contributed by atoms with E-state index in [0.717, 1.165) is 9.37 Å². The maximum Gasteiger partial charge on any atom is 0.127 e. The van der Waals surface area contributed by atoms with E-state index in [1.54, 1.807) is 12.1 Å². The van der Waals surface area contributed by atoms with Gasteiger partial charge in [0.15, 0.2) is 0 Å². The van der Waals surface area contributed by atoms with Crippen LogP contribution in [0.1, 0.15) is 5.56 Å². The fourth-order valence-corrected chi connectivity index (χ4v) is 3.45. The average Bonchev–Trinajstić information content (AvgIpc) is 2.41. The summed E-state index contributed by atoms with van der Waals surface area (Å²) in [6.45, 7) is 0. The minimum absolute atomic E-state index is 0.215. The molecule has 106 valence electrons. The number of rotatable bonds is 5. The van der Waals surface area contributed by atoms with Crippen LogP contribution in [0.15, 0.2) is 51.8 Å². The van der Waals surface area contributed by atoms with Gasteiger partial charge in [-0.15, -0.1) is 11.8 Å². The Morgan fingerprint density at radius 3 is 2.70 bits per heavy atom. The molecule has 0 bridgehead atoms. The number of halogens is 3. The van der Waals surface area contributed by atoms with E-state index in [-0.39, 0.29) is 12.2 Å². The van der Waals surface area contributed by atoms with E-state index >= 15 is 0 Å². The summed E-state index contributed by atoms with van der Waals surface area (Å²) in [4.78, 5) is 1.05. The number of benzene rings is 2. The smallest absolute Gasteiger partial charge is 0.127 e. The molecule has 0 aliphatic carbocycles. The molecule has 0 saturated heterocycles. The molecule has 0 aromatic heterocycles. The minimum atomic E-state index is -0.645. The van der Waals surface area contributed by atoms with Gasteiger partial charge >= 0.3 is 0 Å². The molecule has 0 radical (unpaired) electrons. The molecule has 1 N–H and O–H groups in total. The van der Waals surface area contributed by atoms with Crippen molar-refractivity contribution in [2.24, 2.45) is 0 Å². The third-order valence-electron chi connectivity index (χ3n) is 2.74. The second kappa shape index (κ2) is 7.46. The van der Waals surface area contributed by atoms with Crippen LogP contribution in [0.4, 0.5) is 4.39 Å². The van der Waals surface area contributed by atoms with E-state index in [2.05, 4.69) is 15.9 Å². The first-order chi connectivity index (χ1) is 9.56. The number of aliphatic hydroxyl groups excluding tert-OH is 1. The molecule has 0 amide bonds. The fourth-order valence-electron chi connectivity index (χ4n) is 1.77. The van der Waals surface area contributed by atoms with Crippen LogP contribution in [0.25, 0.3) is 0 Å². The lowest BCUT2D eigenvalue weighted by Crippen LogP contribution is -2.14. The van der Waals surface area contributed by atoms with Gasteiger partial charge in [0.2, 0.25) is 0 Å². The number of thioether (sulfide) groups is 1. The van der Waals surface area contributed by atoms with E-state index in [9.17, 15) is 9.50 Å². The van der Waals surface area contributed by atoms with Crippen molar-refractivity contribution in [2.45, 2.75) is 17.4 Å². The lowest BCUT2D eigenvalue weighted by atomic mass is 10.1. The SMILES string of the molecule is OC(CSc1cccc(Br)c1)Cc1c(F)cccc1Cl. The summed E-state index contributed by atoms with van der Waals surface area (Å²) in [5.74, 6) is 0.116. The third kappa shape index (κ3) is 4.48. The Labute approximate surface area is 135 Å². The molecule has 2 aromatic rings. The monoisotopic (exact) mass is 374 g/mol. The maximum absolute atomic E-state index is 13.6. The molecule has 1 nitrogen and oxygen atoms in total. The van der Waals surface area contributed by atoms with Crippen LogP contribution >= 0.6 is 39.3 Å². The van der Waals surface area contributed by atoms with Gasteiger partial charge in [-0.25, -0.2) is 4.39 Å². The molecule has 0 heterocycles. The van der Waals surface area contributed by atoms with Crippen LogP contribution in [0, 0.1) is 5.82 Å². The van der Waals surface area contributed by atoms with Gasteiger partial charge in [-0.2, -0.15) is 0 Å². The molecular weight excluding hydrogens is 363 g/mol. The second-order valence-electron chi connectivity index (χ2n) is 4.33. The van der Waals surface area contributed by atoms with Crippen molar-refractivity contribution < 1.29 is 9.50 Å². The van der Waals surface area contributed by atoms with Crippen molar-refractivity contribution in [1.82, 2.24) is 0 Å². The van der Waals surface area contributed by atoms with Gasteiger partial charge in [0, 0.05) is 32.1 Å². The molecule has 20 heavy (non-hydrogen) atoms. The summed E-state index contributed by atoms with van der Waals surface area (Å²) in [6, 6.07) is 12.4. The highest BCUT2D eigenvalue weighted by Gasteiger charge is 2.13. The summed E-state index contributed by atoms with van der Waals surface area (Å²) in [5.41, 5.74) is 0.372. The van der Waals surface area contributed by atoms with Crippen molar-refractivity contribution in [3.8, 4) is 0 Å². The number of hydrogen-bond donors (Lipinski definition) is 1. The summed E-state index contributed by atoms with van der Waals surface area (Å²) in [7, 11) is 0. The zero-order valence-electron chi connectivity index (χ0n) is 10.5. The first-order valence-corrected chi connectivity index (χ1v) is 8.21. The molecule has 1 unspecified atom stereocenters. The molecule has 0 saturated carbocycles. The van der Waals surface area contributed by atoms with Crippen LogP contribution in [-0.2, 0) is 6.42 Å². The fraction of sp³-hybridized carbons (Fsp3) is 0.200. The molecule has 2 rings (SSSR count). The van der Waals surface area contributed by atoms with Gasteiger partial charge in [-0.3, -0.25) is 0 Å². The van der Waals surface area contributed by atoms with Crippen LogP contribution in [0.5, 0.6) is 0 Å². The van der Waals surface area contributed by atoms with E-state index in [1.165, 1.54) is 17.8 Å². The molecule has 0 aliphatic rings. The van der Waals surface area contributed by atoms with E-state index in [0.29, 0.717) is 16.3 Å². The van der Waals surface area contributed by atoms with Gasteiger partial charge < -0.3 is 5.11 Å². The van der Waals surface area contributed by atoms with Crippen molar-refractivity contribution >= 4 is 39.3 Å². The zero-order valence-corrected chi connectivity index (χ0v) is 13.7. The predicted molar refractivity (Wildman–Crippen MR) is 86.0 cm³/mol. The average molecular weight is 376 g/mol. The Kier molecular flexibility index (Phi) is 5.90. The maximum atomic E-state index is 13.6. The number of aliphatic hydroxyl groups is 1. The molecule has 5 heteroatoms.